The fourth-order valence-corrected chi connectivity index (χ4v) is 2.54. The monoisotopic (exact) mass is 389 g/mol. The van der Waals surface area contributed by atoms with E-state index in [2.05, 4.69) is 15.6 Å². The zero-order valence-corrected chi connectivity index (χ0v) is 16.4. The van der Waals surface area contributed by atoms with Gasteiger partial charge in [0.2, 0.25) is 0 Å². The van der Waals surface area contributed by atoms with E-state index in [0.717, 1.165) is 0 Å². The van der Waals surface area contributed by atoms with Gasteiger partial charge in [0.15, 0.2) is 5.75 Å². The van der Waals surface area contributed by atoms with E-state index in [-0.39, 0.29) is 17.3 Å². The second-order valence-corrected chi connectivity index (χ2v) is 6.88. The Balaban J connectivity index is 1.74. The van der Waals surface area contributed by atoms with Crippen molar-refractivity contribution in [2.24, 2.45) is 5.92 Å². The van der Waals surface area contributed by atoms with Gasteiger partial charge in [0.1, 0.15) is 17.1 Å². The molecule has 1 heterocycles. The van der Waals surface area contributed by atoms with Gasteiger partial charge in [-0.3, -0.25) is 9.59 Å². The van der Waals surface area contributed by atoms with Crippen molar-refractivity contribution >= 4 is 17.5 Å². The molecule has 0 fully saturated rings. The Labute approximate surface area is 169 Å². The molecule has 2 aromatic carbocycles. The van der Waals surface area contributed by atoms with Gasteiger partial charge >= 0.3 is 0 Å². The number of nitrogens with one attached hydrogen (secondary N) is 2. The van der Waals surface area contributed by atoms with Crippen molar-refractivity contribution in [3.05, 3.63) is 84.2 Å². The Kier molecular flexibility index (Phi) is 6.58. The average Bonchev–Trinajstić information content (AvgIpc) is 2.74. The van der Waals surface area contributed by atoms with Crippen molar-refractivity contribution in [3.8, 4) is 11.5 Å². The molecule has 0 saturated heterocycles. The predicted molar refractivity (Wildman–Crippen MR) is 112 cm³/mol. The third-order valence-electron chi connectivity index (χ3n) is 3.99. The highest BCUT2D eigenvalue weighted by molar-refractivity contribution is 6.04. The number of para-hydroxylation sites is 3. The van der Waals surface area contributed by atoms with Crippen molar-refractivity contribution in [2.75, 3.05) is 11.9 Å². The van der Waals surface area contributed by atoms with Crippen LogP contribution < -0.4 is 15.4 Å². The Morgan fingerprint density at radius 1 is 0.862 bits per heavy atom. The van der Waals surface area contributed by atoms with Gasteiger partial charge in [-0.1, -0.05) is 50.2 Å². The van der Waals surface area contributed by atoms with Gasteiger partial charge in [0.25, 0.3) is 11.8 Å². The number of benzene rings is 2. The Bertz CT molecular complexity index is 987. The van der Waals surface area contributed by atoms with Crippen molar-refractivity contribution in [1.82, 2.24) is 10.3 Å². The first-order chi connectivity index (χ1) is 14.0. The van der Waals surface area contributed by atoms with E-state index in [1.165, 1.54) is 0 Å². The molecule has 2 N–H and O–H groups in total. The van der Waals surface area contributed by atoms with Crippen molar-refractivity contribution < 1.29 is 14.3 Å². The maximum Gasteiger partial charge on any atom is 0.274 e. The molecule has 29 heavy (non-hydrogen) atoms. The number of ether oxygens (including phenoxy) is 1. The number of anilines is 1. The molecule has 6 heteroatoms. The summed E-state index contributed by atoms with van der Waals surface area (Å²) in [6.07, 6.45) is 0. The fourth-order valence-electron chi connectivity index (χ4n) is 2.54. The molecule has 0 spiro atoms. The maximum atomic E-state index is 12.7. The molecule has 2 amide bonds. The minimum atomic E-state index is -0.423. The summed E-state index contributed by atoms with van der Waals surface area (Å²) in [6, 6.07) is 21.2. The van der Waals surface area contributed by atoms with Gasteiger partial charge in [0.05, 0.1) is 5.69 Å². The molecule has 3 rings (SSSR count). The molecule has 0 radical (unpaired) electrons. The lowest BCUT2D eigenvalue weighted by atomic mass is 10.2. The third kappa shape index (κ3) is 5.65. The normalized spacial score (nSPS) is 10.4. The predicted octanol–water partition coefficient (Wildman–Crippen LogP) is 4.51. The number of pyridine rings is 1. The van der Waals surface area contributed by atoms with E-state index in [9.17, 15) is 9.59 Å². The zero-order valence-electron chi connectivity index (χ0n) is 16.4. The highest BCUT2D eigenvalue weighted by Gasteiger charge is 2.14. The number of hydrogen-bond donors (Lipinski definition) is 2. The quantitative estimate of drug-likeness (QED) is 0.623. The molecule has 148 valence electrons. The number of hydrogen-bond acceptors (Lipinski definition) is 4. The Morgan fingerprint density at radius 3 is 2.24 bits per heavy atom. The Morgan fingerprint density at radius 2 is 1.52 bits per heavy atom. The number of aromatic nitrogens is 1. The van der Waals surface area contributed by atoms with Gasteiger partial charge < -0.3 is 15.4 Å². The zero-order chi connectivity index (χ0) is 20.6. The summed E-state index contributed by atoms with van der Waals surface area (Å²) in [5.41, 5.74) is 0.863. The highest BCUT2D eigenvalue weighted by atomic mass is 16.5. The third-order valence-corrected chi connectivity index (χ3v) is 3.99. The van der Waals surface area contributed by atoms with Crippen LogP contribution >= 0.6 is 0 Å². The van der Waals surface area contributed by atoms with Crippen LogP contribution in [-0.4, -0.2) is 23.3 Å². The van der Waals surface area contributed by atoms with Crippen molar-refractivity contribution in [1.29, 1.82) is 0 Å². The van der Waals surface area contributed by atoms with Crippen molar-refractivity contribution in [3.63, 3.8) is 0 Å². The average molecular weight is 389 g/mol. The lowest BCUT2D eigenvalue weighted by molar-refractivity contribution is 0.0944. The molecule has 0 aliphatic rings. The summed E-state index contributed by atoms with van der Waals surface area (Å²) in [6.45, 7) is 4.56. The molecular weight excluding hydrogens is 366 g/mol. The summed E-state index contributed by atoms with van der Waals surface area (Å²) in [5.74, 6) is 0.773. The first kappa shape index (κ1) is 20.1. The minimum absolute atomic E-state index is 0.150. The minimum Gasteiger partial charge on any atom is -0.455 e. The largest absolute Gasteiger partial charge is 0.455 e. The smallest absolute Gasteiger partial charge is 0.274 e. The fraction of sp³-hybridized carbons (Fsp3) is 0.174. The second kappa shape index (κ2) is 9.50. The standard InChI is InChI=1S/C23H23N3O3/c1-16(2)15-24-22(27)19-12-8-13-20(25-19)23(28)26-18-11-6-7-14-21(18)29-17-9-4-3-5-10-17/h3-14,16H,15H2,1-2H3,(H,24,27)(H,26,28). The number of amides is 2. The first-order valence-electron chi connectivity index (χ1n) is 9.41. The van der Waals surface area contributed by atoms with Crippen LogP contribution in [0.2, 0.25) is 0 Å². The van der Waals surface area contributed by atoms with Crippen LogP contribution in [0.1, 0.15) is 34.8 Å². The molecule has 3 aromatic rings. The molecular formula is C23H23N3O3. The number of carbonyl (C=O) groups is 2. The van der Waals surface area contributed by atoms with Gasteiger partial charge in [-0.15, -0.1) is 0 Å². The highest BCUT2D eigenvalue weighted by Crippen LogP contribution is 2.29. The van der Waals surface area contributed by atoms with Crippen LogP contribution in [0.25, 0.3) is 0 Å². The lowest BCUT2D eigenvalue weighted by Gasteiger charge is -2.12. The summed E-state index contributed by atoms with van der Waals surface area (Å²) in [5, 5.41) is 5.60. The lowest BCUT2D eigenvalue weighted by Crippen LogP contribution is -2.28. The van der Waals surface area contributed by atoms with E-state index in [1.807, 2.05) is 50.2 Å². The number of carbonyl (C=O) groups excluding carboxylic acids is 2. The van der Waals surface area contributed by atoms with Crippen LogP contribution in [0.5, 0.6) is 11.5 Å². The van der Waals surface area contributed by atoms with Crippen LogP contribution in [0.15, 0.2) is 72.8 Å². The molecule has 0 aliphatic carbocycles. The summed E-state index contributed by atoms with van der Waals surface area (Å²) in [7, 11) is 0. The van der Waals surface area contributed by atoms with E-state index in [1.54, 1.807) is 36.4 Å². The summed E-state index contributed by atoms with van der Waals surface area (Å²) in [4.78, 5) is 29.1. The van der Waals surface area contributed by atoms with Crippen LogP contribution in [0, 0.1) is 5.92 Å². The molecule has 1 aromatic heterocycles. The van der Waals surface area contributed by atoms with Gasteiger partial charge in [-0.2, -0.15) is 0 Å². The van der Waals surface area contributed by atoms with E-state index in [0.29, 0.717) is 29.6 Å². The number of nitrogens with zero attached hydrogens (tertiary/aromatic N) is 1. The molecule has 6 nitrogen and oxygen atoms in total. The number of rotatable bonds is 7. The molecule has 0 saturated carbocycles. The molecule has 0 aliphatic heterocycles. The van der Waals surface area contributed by atoms with E-state index >= 15 is 0 Å². The summed E-state index contributed by atoms with van der Waals surface area (Å²) < 4.78 is 5.86. The van der Waals surface area contributed by atoms with Crippen molar-refractivity contribution in [2.45, 2.75) is 13.8 Å². The SMILES string of the molecule is CC(C)CNC(=O)c1cccc(C(=O)Nc2ccccc2Oc2ccccc2)n1. The van der Waals surface area contributed by atoms with Gasteiger partial charge in [0, 0.05) is 6.54 Å². The molecule has 0 unspecified atom stereocenters. The van der Waals surface area contributed by atoms with Gasteiger partial charge in [-0.05, 0) is 42.3 Å². The van der Waals surface area contributed by atoms with Crippen LogP contribution in [0.4, 0.5) is 5.69 Å². The topological polar surface area (TPSA) is 80.3 Å². The first-order valence-corrected chi connectivity index (χ1v) is 9.41. The molecule has 0 atom stereocenters. The second-order valence-electron chi connectivity index (χ2n) is 6.88. The van der Waals surface area contributed by atoms with Crippen LogP contribution in [0.3, 0.4) is 0 Å². The maximum absolute atomic E-state index is 12.7. The van der Waals surface area contributed by atoms with Crippen LogP contribution in [-0.2, 0) is 0 Å². The van der Waals surface area contributed by atoms with E-state index < -0.39 is 5.91 Å². The summed E-state index contributed by atoms with van der Waals surface area (Å²) >= 11 is 0. The van der Waals surface area contributed by atoms with Gasteiger partial charge in [-0.25, -0.2) is 4.98 Å². The van der Waals surface area contributed by atoms with E-state index in [4.69, 9.17) is 4.74 Å². The molecule has 0 bridgehead atoms. The Hall–Kier alpha value is -3.67.